The van der Waals surface area contributed by atoms with Crippen LogP contribution in [0.3, 0.4) is 0 Å². The van der Waals surface area contributed by atoms with Gasteiger partial charge < -0.3 is 0 Å². The lowest BCUT2D eigenvalue weighted by Crippen LogP contribution is -2.16. The predicted octanol–water partition coefficient (Wildman–Crippen LogP) is 3.74. The van der Waals surface area contributed by atoms with Gasteiger partial charge in [-0.3, -0.25) is 8.75 Å². The first kappa shape index (κ1) is 13.3. The Morgan fingerprint density at radius 2 is 1.88 bits per heavy atom. The van der Waals surface area contributed by atoms with Crippen molar-refractivity contribution in [2.24, 2.45) is 0 Å². The minimum Gasteiger partial charge on any atom is -0.268 e. The predicted molar refractivity (Wildman–Crippen MR) is 77.5 cm³/mol. The summed E-state index contributed by atoms with van der Waals surface area (Å²) in [6, 6.07) is 0. The summed E-state index contributed by atoms with van der Waals surface area (Å²) >= 11 is 5.16. The number of nitrogens with zero attached hydrogens (tertiary/aromatic N) is 1. The molecule has 1 aliphatic carbocycles. The molecule has 0 radical (unpaired) electrons. The molecule has 0 saturated heterocycles. The van der Waals surface area contributed by atoms with Gasteiger partial charge in [-0.2, -0.15) is 0 Å². The molecule has 1 aromatic rings. The number of hydrogen-bond donors (Lipinski definition) is 0. The summed E-state index contributed by atoms with van der Waals surface area (Å²) in [5.41, 5.74) is 1.43. The smallest absolute Gasteiger partial charge is 0.264 e. The summed E-state index contributed by atoms with van der Waals surface area (Å²) in [5.74, 6) is 0. The first-order chi connectivity index (χ1) is 8.33. The van der Waals surface area contributed by atoms with Gasteiger partial charge >= 0.3 is 0 Å². The van der Waals surface area contributed by atoms with Crippen LogP contribution in [0.15, 0.2) is 4.79 Å². The van der Waals surface area contributed by atoms with Crippen LogP contribution >= 0.6 is 27.5 Å². The second-order valence-electron chi connectivity index (χ2n) is 4.71. The Kier molecular flexibility index (Phi) is 5.29. The molecule has 0 bridgehead atoms. The first-order valence-corrected chi connectivity index (χ1v) is 8.50. The molecule has 0 N–H and O–H groups in total. The number of unbranched alkanes of at least 4 members (excludes halogenated alkanes) is 4. The third-order valence-electron chi connectivity index (χ3n) is 3.37. The number of halogens is 1. The highest BCUT2D eigenvalue weighted by molar-refractivity contribution is 9.09. The van der Waals surface area contributed by atoms with Crippen molar-refractivity contribution in [2.45, 2.75) is 57.9 Å². The van der Waals surface area contributed by atoms with Crippen LogP contribution in [-0.2, 0) is 19.4 Å². The highest BCUT2D eigenvalue weighted by Crippen LogP contribution is 2.23. The summed E-state index contributed by atoms with van der Waals surface area (Å²) in [5, 5.41) is 1.12. The molecule has 0 aromatic carbocycles. The maximum absolute atomic E-state index is 12.0. The van der Waals surface area contributed by atoms with E-state index in [9.17, 15) is 4.79 Å². The summed E-state index contributed by atoms with van der Waals surface area (Å²) in [4.78, 5) is 13.4. The molecule has 0 saturated carbocycles. The molecule has 4 heteroatoms. The highest BCUT2D eigenvalue weighted by Gasteiger charge is 2.19. The lowest BCUT2D eigenvalue weighted by molar-refractivity contribution is 0.582. The van der Waals surface area contributed by atoms with Crippen molar-refractivity contribution >= 4 is 27.5 Å². The van der Waals surface area contributed by atoms with E-state index in [0.29, 0.717) is 5.56 Å². The minimum atomic E-state index is 0.308. The number of alkyl halides is 1. The Morgan fingerprint density at radius 3 is 2.65 bits per heavy atom. The molecule has 1 aromatic heterocycles. The second-order valence-corrected chi connectivity index (χ2v) is 6.62. The van der Waals surface area contributed by atoms with Crippen molar-refractivity contribution in [2.75, 3.05) is 5.33 Å². The quantitative estimate of drug-likeness (QED) is 0.554. The summed E-state index contributed by atoms with van der Waals surface area (Å²) in [7, 11) is 0. The van der Waals surface area contributed by atoms with E-state index in [-0.39, 0.29) is 0 Å². The van der Waals surface area contributed by atoms with Gasteiger partial charge in [0.05, 0.1) is 0 Å². The van der Waals surface area contributed by atoms with Gasteiger partial charge in [0.15, 0.2) is 0 Å². The molecule has 2 rings (SSSR count). The first-order valence-electron chi connectivity index (χ1n) is 6.61. The normalized spacial score (nSPS) is 14.2. The standard InChI is InChI=1S/C13H20BrNOS/c14-9-4-2-1-3-5-10-15-13(16)11-7-6-8-12(11)17-15/h1-10H2. The molecule has 0 unspecified atom stereocenters. The number of fused-ring (bicyclic) bond motifs is 1. The van der Waals surface area contributed by atoms with E-state index in [1.807, 2.05) is 3.96 Å². The van der Waals surface area contributed by atoms with Crippen LogP contribution in [0.2, 0.25) is 0 Å². The Morgan fingerprint density at radius 1 is 1.12 bits per heavy atom. The van der Waals surface area contributed by atoms with Crippen molar-refractivity contribution in [1.29, 1.82) is 0 Å². The van der Waals surface area contributed by atoms with Crippen molar-refractivity contribution in [3.8, 4) is 0 Å². The summed E-state index contributed by atoms with van der Waals surface area (Å²) < 4.78 is 1.98. The Labute approximate surface area is 115 Å². The van der Waals surface area contributed by atoms with Gasteiger partial charge in [-0.25, -0.2) is 0 Å². The molecule has 96 valence electrons. The molecular weight excluding hydrogens is 298 g/mol. The van der Waals surface area contributed by atoms with Crippen LogP contribution in [0.5, 0.6) is 0 Å². The molecule has 0 spiro atoms. The number of hydrogen-bond acceptors (Lipinski definition) is 2. The van der Waals surface area contributed by atoms with E-state index < -0.39 is 0 Å². The molecule has 1 aliphatic rings. The Balaban J connectivity index is 1.74. The third-order valence-corrected chi connectivity index (χ3v) is 5.17. The van der Waals surface area contributed by atoms with Gasteiger partial charge in [0.1, 0.15) is 0 Å². The summed E-state index contributed by atoms with van der Waals surface area (Å²) in [6.45, 7) is 0.935. The molecule has 17 heavy (non-hydrogen) atoms. The number of aryl methyl sites for hydroxylation is 2. The van der Waals surface area contributed by atoms with Crippen LogP contribution in [0.4, 0.5) is 0 Å². The molecule has 0 fully saturated rings. The Hall–Kier alpha value is -0.0900. The second kappa shape index (κ2) is 6.74. The lowest BCUT2D eigenvalue weighted by atomic mass is 10.1. The maximum Gasteiger partial charge on any atom is 0.264 e. The SMILES string of the molecule is O=c1c2c(sn1CCCCCCCBr)CCC2. The van der Waals surface area contributed by atoms with E-state index in [2.05, 4.69) is 15.9 Å². The maximum atomic E-state index is 12.0. The van der Waals surface area contributed by atoms with Crippen LogP contribution < -0.4 is 5.56 Å². The van der Waals surface area contributed by atoms with Crippen LogP contribution in [0, 0.1) is 0 Å². The topological polar surface area (TPSA) is 22.0 Å². The van der Waals surface area contributed by atoms with Gasteiger partial charge in [0.25, 0.3) is 5.56 Å². The zero-order chi connectivity index (χ0) is 12.1. The zero-order valence-corrected chi connectivity index (χ0v) is 12.6. The van der Waals surface area contributed by atoms with Crippen molar-refractivity contribution in [1.82, 2.24) is 3.96 Å². The Bertz CT molecular complexity index is 410. The average Bonchev–Trinajstić information content (AvgIpc) is 2.88. The minimum absolute atomic E-state index is 0.308. The molecule has 0 amide bonds. The van der Waals surface area contributed by atoms with Gasteiger partial charge in [0.2, 0.25) is 0 Å². The van der Waals surface area contributed by atoms with Crippen LogP contribution in [0.1, 0.15) is 49.0 Å². The molecule has 0 aliphatic heterocycles. The fraction of sp³-hybridized carbons (Fsp3) is 0.769. The lowest BCUT2D eigenvalue weighted by Gasteiger charge is -2.01. The highest BCUT2D eigenvalue weighted by atomic mass is 79.9. The zero-order valence-electron chi connectivity index (χ0n) is 10.2. The monoisotopic (exact) mass is 317 g/mol. The number of rotatable bonds is 7. The van der Waals surface area contributed by atoms with E-state index in [1.54, 1.807) is 11.5 Å². The molecule has 0 atom stereocenters. The van der Waals surface area contributed by atoms with Gasteiger partial charge in [-0.05, 0) is 32.1 Å². The molecular formula is C13H20BrNOS. The van der Waals surface area contributed by atoms with Gasteiger partial charge in [0, 0.05) is 22.3 Å². The van der Waals surface area contributed by atoms with Gasteiger partial charge in [-0.1, -0.05) is 46.7 Å². The molecule has 1 heterocycles. The van der Waals surface area contributed by atoms with Crippen LogP contribution in [-0.4, -0.2) is 9.29 Å². The van der Waals surface area contributed by atoms with E-state index in [0.717, 1.165) is 36.7 Å². The van der Waals surface area contributed by atoms with E-state index >= 15 is 0 Å². The fourth-order valence-electron chi connectivity index (χ4n) is 2.40. The van der Waals surface area contributed by atoms with Crippen molar-refractivity contribution in [3.63, 3.8) is 0 Å². The largest absolute Gasteiger partial charge is 0.268 e. The van der Waals surface area contributed by atoms with E-state index in [1.165, 1.54) is 37.0 Å². The van der Waals surface area contributed by atoms with Crippen molar-refractivity contribution < 1.29 is 0 Å². The number of aromatic nitrogens is 1. The van der Waals surface area contributed by atoms with Crippen molar-refractivity contribution in [3.05, 3.63) is 20.8 Å². The van der Waals surface area contributed by atoms with Crippen LogP contribution in [0.25, 0.3) is 0 Å². The van der Waals surface area contributed by atoms with Gasteiger partial charge in [-0.15, -0.1) is 0 Å². The van der Waals surface area contributed by atoms with E-state index in [4.69, 9.17) is 0 Å². The average molecular weight is 318 g/mol. The third kappa shape index (κ3) is 3.44. The molecule has 2 nitrogen and oxygen atoms in total. The fourth-order valence-corrected chi connectivity index (χ4v) is 4.01. The summed E-state index contributed by atoms with van der Waals surface area (Å²) in [6.07, 6.45) is 9.61.